The average Bonchev–Trinajstić information content (AvgIpc) is 2.41. The maximum absolute atomic E-state index is 11.9. The van der Waals surface area contributed by atoms with Crippen molar-refractivity contribution in [3.05, 3.63) is 34.9 Å². The van der Waals surface area contributed by atoms with Gasteiger partial charge in [0.2, 0.25) is 0 Å². The monoisotopic (exact) mass is 262 g/mol. The molecule has 0 fully saturated rings. The molecule has 1 aliphatic carbocycles. The molecule has 1 aliphatic rings. The van der Waals surface area contributed by atoms with Crippen LogP contribution >= 0.6 is 0 Å². The minimum atomic E-state index is 0.135. The lowest BCUT2D eigenvalue weighted by molar-refractivity contribution is 0.0912. The lowest BCUT2D eigenvalue weighted by Gasteiger charge is -2.30. The molecule has 0 aliphatic heterocycles. The topological polar surface area (TPSA) is 17.1 Å². The number of benzene rings is 1. The largest absolute Gasteiger partial charge is 0.294 e. The fourth-order valence-corrected chi connectivity index (χ4v) is 2.39. The third-order valence-corrected chi connectivity index (χ3v) is 3.19. The number of carbonyl (C=O) groups excluding carboxylic acids is 1. The molecule has 0 spiro atoms. The normalized spacial score (nSPS) is 15.4. The highest BCUT2D eigenvalue weighted by Gasteiger charge is 2.30. The Balaban J connectivity index is 0.000000741. The summed E-state index contributed by atoms with van der Waals surface area (Å²) < 4.78 is 0. The van der Waals surface area contributed by atoms with E-state index >= 15 is 0 Å². The van der Waals surface area contributed by atoms with Gasteiger partial charge in [-0.3, -0.25) is 4.79 Å². The molecule has 19 heavy (non-hydrogen) atoms. The zero-order chi connectivity index (χ0) is 15.1. The second-order valence-corrected chi connectivity index (χ2v) is 5.29. The summed E-state index contributed by atoms with van der Waals surface area (Å²) in [6.07, 6.45) is 2.76. The van der Waals surface area contributed by atoms with Crippen LogP contribution < -0.4 is 0 Å². The molecule has 0 bridgehead atoms. The smallest absolute Gasteiger partial charge is 0.163 e. The van der Waals surface area contributed by atoms with Crippen molar-refractivity contribution in [3.63, 3.8) is 0 Å². The van der Waals surface area contributed by atoms with Gasteiger partial charge in [0.1, 0.15) is 0 Å². The van der Waals surface area contributed by atoms with Crippen LogP contribution in [0, 0.1) is 5.41 Å². The van der Waals surface area contributed by atoms with E-state index in [4.69, 9.17) is 0 Å². The van der Waals surface area contributed by atoms with Crippen LogP contribution in [0.4, 0.5) is 0 Å². The summed E-state index contributed by atoms with van der Waals surface area (Å²) in [4.78, 5) is 11.9. The van der Waals surface area contributed by atoms with Crippen LogP contribution in [-0.4, -0.2) is 5.78 Å². The maximum Gasteiger partial charge on any atom is 0.163 e. The number of carbonyl (C=O) groups is 1. The van der Waals surface area contributed by atoms with Crippen LogP contribution in [-0.2, 0) is 12.8 Å². The van der Waals surface area contributed by atoms with Gasteiger partial charge >= 0.3 is 0 Å². The van der Waals surface area contributed by atoms with Gasteiger partial charge in [0.25, 0.3) is 0 Å². The molecule has 1 nitrogen and oxygen atoms in total. The molecule has 0 saturated carbocycles. The Labute approximate surface area is 119 Å². The number of fused-ring (bicyclic) bond motifs is 1. The van der Waals surface area contributed by atoms with Gasteiger partial charge in [-0.1, -0.05) is 66.7 Å². The van der Waals surface area contributed by atoms with E-state index in [1.807, 2.05) is 33.8 Å². The van der Waals surface area contributed by atoms with Crippen molar-refractivity contribution in [2.45, 2.75) is 67.7 Å². The van der Waals surface area contributed by atoms with Crippen molar-refractivity contribution >= 4 is 5.78 Å². The van der Waals surface area contributed by atoms with Crippen molar-refractivity contribution in [1.29, 1.82) is 0 Å². The molecule has 0 N–H and O–H groups in total. The predicted molar refractivity (Wildman–Crippen MR) is 84.9 cm³/mol. The SMILES string of the molecule is CC.CC.CCc1ccc2c(c1)CC(C)(C)CC2=O. The summed E-state index contributed by atoms with van der Waals surface area (Å²) in [6, 6.07) is 6.29. The Hall–Kier alpha value is -1.11. The third-order valence-electron chi connectivity index (χ3n) is 3.19. The van der Waals surface area contributed by atoms with Crippen LogP contribution in [0.3, 0.4) is 0 Å². The Bertz CT molecular complexity index is 402. The highest BCUT2D eigenvalue weighted by atomic mass is 16.1. The van der Waals surface area contributed by atoms with Crippen molar-refractivity contribution in [1.82, 2.24) is 0 Å². The van der Waals surface area contributed by atoms with Gasteiger partial charge in [-0.15, -0.1) is 0 Å². The molecular formula is C18H30O. The summed E-state index contributed by atoms with van der Waals surface area (Å²) in [5.41, 5.74) is 3.66. The average molecular weight is 262 g/mol. The molecular weight excluding hydrogens is 232 g/mol. The number of rotatable bonds is 1. The number of ketones is 1. The van der Waals surface area contributed by atoms with E-state index in [1.165, 1.54) is 11.1 Å². The van der Waals surface area contributed by atoms with Crippen LogP contribution in [0.25, 0.3) is 0 Å². The van der Waals surface area contributed by atoms with E-state index in [-0.39, 0.29) is 5.41 Å². The minimum absolute atomic E-state index is 0.135. The Morgan fingerprint density at radius 1 is 1.05 bits per heavy atom. The van der Waals surface area contributed by atoms with Gasteiger partial charge in [0.05, 0.1) is 0 Å². The molecule has 0 unspecified atom stereocenters. The van der Waals surface area contributed by atoms with Gasteiger partial charge < -0.3 is 0 Å². The second-order valence-electron chi connectivity index (χ2n) is 5.29. The first-order valence-electron chi connectivity index (χ1n) is 7.67. The van der Waals surface area contributed by atoms with E-state index in [9.17, 15) is 4.79 Å². The first-order valence-corrected chi connectivity index (χ1v) is 7.67. The molecule has 0 aromatic heterocycles. The van der Waals surface area contributed by atoms with Crippen LogP contribution in [0.2, 0.25) is 0 Å². The molecule has 0 amide bonds. The highest BCUT2D eigenvalue weighted by molar-refractivity contribution is 5.99. The number of Topliss-reactive ketones (excluding diaryl/α,β-unsaturated/α-hetero) is 1. The van der Waals surface area contributed by atoms with Crippen molar-refractivity contribution in [3.8, 4) is 0 Å². The lowest BCUT2D eigenvalue weighted by atomic mass is 9.73. The molecule has 0 radical (unpaired) electrons. The van der Waals surface area contributed by atoms with E-state index in [0.717, 1.165) is 18.4 Å². The fraction of sp³-hybridized carbons (Fsp3) is 0.611. The van der Waals surface area contributed by atoms with Crippen LogP contribution in [0.15, 0.2) is 18.2 Å². The summed E-state index contributed by atoms with van der Waals surface area (Å²) in [7, 11) is 0. The number of hydrogen-bond acceptors (Lipinski definition) is 1. The zero-order valence-electron chi connectivity index (χ0n) is 13.8. The van der Waals surface area contributed by atoms with Crippen molar-refractivity contribution < 1.29 is 4.79 Å². The Kier molecular flexibility index (Phi) is 7.66. The van der Waals surface area contributed by atoms with E-state index < -0.39 is 0 Å². The van der Waals surface area contributed by atoms with Crippen LogP contribution in [0.1, 0.15) is 76.4 Å². The molecule has 2 rings (SSSR count). The number of aryl methyl sites for hydroxylation is 1. The molecule has 0 atom stereocenters. The first-order chi connectivity index (χ1) is 9.02. The zero-order valence-corrected chi connectivity index (χ0v) is 13.8. The summed E-state index contributed by atoms with van der Waals surface area (Å²) in [5, 5.41) is 0. The van der Waals surface area contributed by atoms with Gasteiger partial charge in [-0.05, 0) is 29.4 Å². The highest BCUT2D eigenvalue weighted by Crippen LogP contribution is 2.34. The Morgan fingerprint density at radius 3 is 2.16 bits per heavy atom. The van der Waals surface area contributed by atoms with Gasteiger partial charge in [-0.2, -0.15) is 0 Å². The third kappa shape index (κ3) is 4.81. The Morgan fingerprint density at radius 2 is 1.63 bits per heavy atom. The summed E-state index contributed by atoms with van der Waals surface area (Å²) in [6.45, 7) is 14.5. The molecule has 1 aromatic carbocycles. The van der Waals surface area contributed by atoms with Gasteiger partial charge in [0.15, 0.2) is 5.78 Å². The van der Waals surface area contributed by atoms with E-state index in [0.29, 0.717) is 12.2 Å². The maximum atomic E-state index is 11.9. The van der Waals surface area contributed by atoms with Crippen LogP contribution in [0.5, 0.6) is 0 Å². The summed E-state index contributed by atoms with van der Waals surface area (Å²) >= 11 is 0. The van der Waals surface area contributed by atoms with E-state index in [1.54, 1.807) is 0 Å². The fourth-order valence-electron chi connectivity index (χ4n) is 2.39. The molecule has 1 heteroatoms. The number of hydrogen-bond donors (Lipinski definition) is 0. The molecule has 0 saturated heterocycles. The predicted octanol–water partition coefficient (Wildman–Crippen LogP) is 5.46. The van der Waals surface area contributed by atoms with Gasteiger partial charge in [0, 0.05) is 12.0 Å². The molecule has 0 heterocycles. The van der Waals surface area contributed by atoms with Crippen molar-refractivity contribution in [2.24, 2.45) is 5.41 Å². The lowest BCUT2D eigenvalue weighted by Crippen LogP contribution is -2.26. The van der Waals surface area contributed by atoms with Gasteiger partial charge in [-0.25, -0.2) is 0 Å². The molecule has 1 aromatic rings. The summed E-state index contributed by atoms with van der Waals surface area (Å²) in [5.74, 6) is 0.309. The minimum Gasteiger partial charge on any atom is -0.294 e. The quantitative estimate of drug-likeness (QED) is 0.657. The van der Waals surface area contributed by atoms with Crippen molar-refractivity contribution in [2.75, 3.05) is 0 Å². The second kappa shape index (κ2) is 8.14. The molecule has 108 valence electrons. The first kappa shape index (κ1) is 17.9. The standard InChI is InChI=1S/C14H18O.2C2H6/c1-4-10-5-6-12-11(7-10)8-14(2,3)9-13(12)15;2*1-2/h5-7H,4,8-9H2,1-3H3;2*1-2H3. The van der Waals surface area contributed by atoms with E-state index in [2.05, 4.69) is 32.9 Å².